The van der Waals surface area contributed by atoms with Gasteiger partial charge in [-0.2, -0.15) is 0 Å². The maximum absolute atomic E-state index is 12.2. The fourth-order valence-electron chi connectivity index (χ4n) is 2.41. The lowest BCUT2D eigenvalue weighted by Gasteiger charge is -2.05. The topological polar surface area (TPSA) is 30.0 Å². The number of carbonyl (C=O) groups is 1. The number of nitrogens with zero attached hydrogens (tertiary/aromatic N) is 1. The normalized spacial score (nSPS) is 10.8. The Morgan fingerprint density at radius 1 is 1.10 bits per heavy atom. The molecule has 3 aromatic rings. The summed E-state index contributed by atoms with van der Waals surface area (Å²) >= 11 is 1.59. The summed E-state index contributed by atoms with van der Waals surface area (Å²) in [6, 6.07) is 14.3. The van der Waals surface area contributed by atoms with Crippen LogP contribution in [0.4, 0.5) is 0 Å². The molecule has 3 heteroatoms. The minimum Gasteiger partial charge on any atom is -0.299 e. The van der Waals surface area contributed by atoms with E-state index in [-0.39, 0.29) is 5.78 Å². The van der Waals surface area contributed by atoms with E-state index < -0.39 is 0 Å². The number of hydrogen-bond acceptors (Lipinski definition) is 3. The molecule has 0 aliphatic heterocycles. The van der Waals surface area contributed by atoms with E-state index in [2.05, 4.69) is 23.2 Å². The molecule has 3 rings (SSSR count). The Kier molecular flexibility index (Phi) is 3.61. The number of hydrogen-bond donors (Lipinski definition) is 0. The zero-order valence-electron chi connectivity index (χ0n) is 11.3. The molecular weight excluding hydrogens is 266 g/mol. The van der Waals surface area contributed by atoms with Gasteiger partial charge in [-0.05, 0) is 23.3 Å². The number of aryl methyl sites for hydroxylation is 1. The highest BCUT2D eigenvalue weighted by atomic mass is 32.1. The average Bonchev–Trinajstić information content (AvgIpc) is 2.84. The molecule has 0 atom stereocenters. The zero-order chi connectivity index (χ0) is 13.9. The second-order valence-electron chi connectivity index (χ2n) is 4.89. The fourth-order valence-corrected chi connectivity index (χ4v) is 3.03. The predicted octanol–water partition coefficient (Wildman–Crippen LogP) is 3.96. The van der Waals surface area contributed by atoms with Gasteiger partial charge in [0.2, 0.25) is 0 Å². The summed E-state index contributed by atoms with van der Waals surface area (Å²) in [6.45, 7) is 1.96. The van der Waals surface area contributed by atoms with E-state index in [0.717, 1.165) is 21.7 Å². The Balaban J connectivity index is 1.81. The Morgan fingerprint density at radius 2 is 1.90 bits per heavy atom. The number of carbonyl (C=O) groups excluding carboxylic acids is 1. The molecule has 100 valence electrons. The second kappa shape index (κ2) is 5.55. The van der Waals surface area contributed by atoms with E-state index in [1.165, 1.54) is 5.39 Å². The standard InChI is InChI=1S/C17H15NOS/c1-12-18-15(11-20-12)10-16(19)9-14-7-4-6-13-5-2-3-8-17(13)14/h2-8,11H,9-10H2,1H3. The summed E-state index contributed by atoms with van der Waals surface area (Å²) in [5, 5.41) is 5.33. The van der Waals surface area contributed by atoms with Gasteiger partial charge >= 0.3 is 0 Å². The third-order valence-electron chi connectivity index (χ3n) is 3.31. The number of Topliss-reactive ketones (excluding diaryl/α,β-unsaturated/α-hetero) is 1. The molecule has 0 saturated heterocycles. The van der Waals surface area contributed by atoms with Crippen molar-refractivity contribution in [2.24, 2.45) is 0 Å². The quantitative estimate of drug-likeness (QED) is 0.724. The van der Waals surface area contributed by atoms with Crippen molar-refractivity contribution in [3.05, 3.63) is 64.1 Å². The summed E-state index contributed by atoms with van der Waals surface area (Å²) < 4.78 is 0. The van der Waals surface area contributed by atoms with Crippen molar-refractivity contribution >= 4 is 27.9 Å². The maximum Gasteiger partial charge on any atom is 0.143 e. The molecule has 20 heavy (non-hydrogen) atoms. The molecule has 0 spiro atoms. The molecule has 1 aromatic heterocycles. The predicted molar refractivity (Wildman–Crippen MR) is 83.2 cm³/mol. The summed E-state index contributed by atoms with van der Waals surface area (Å²) in [5.74, 6) is 0.214. The van der Waals surface area contributed by atoms with Gasteiger partial charge in [-0.1, -0.05) is 42.5 Å². The first-order chi connectivity index (χ1) is 9.72. The van der Waals surface area contributed by atoms with Gasteiger partial charge in [0.05, 0.1) is 10.7 Å². The van der Waals surface area contributed by atoms with Crippen molar-refractivity contribution in [1.29, 1.82) is 0 Å². The van der Waals surface area contributed by atoms with Crippen molar-refractivity contribution in [1.82, 2.24) is 4.98 Å². The molecule has 0 aliphatic rings. The first-order valence-electron chi connectivity index (χ1n) is 6.62. The van der Waals surface area contributed by atoms with Crippen LogP contribution in [-0.2, 0) is 17.6 Å². The molecule has 0 amide bonds. The molecule has 2 nitrogen and oxygen atoms in total. The Labute approximate surface area is 122 Å². The van der Waals surface area contributed by atoms with Crippen LogP contribution in [0, 0.1) is 6.92 Å². The third-order valence-corrected chi connectivity index (χ3v) is 4.13. The molecule has 0 unspecified atom stereocenters. The monoisotopic (exact) mass is 281 g/mol. The van der Waals surface area contributed by atoms with Crippen LogP contribution in [0.25, 0.3) is 10.8 Å². The summed E-state index contributed by atoms with van der Waals surface area (Å²) in [4.78, 5) is 16.6. The SMILES string of the molecule is Cc1nc(CC(=O)Cc2cccc3ccccc23)cs1. The number of rotatable bonds is 4. The van der Waals surface area contributed by atoms with Crippen molar-refractivity contribution in [3.8, 4) is 0 Å². The van der Waals surface area contributed by atoms with Crippen molar-refractivity contribution in [3.63, 3.8) is 0 Å². The van der Waals surface area contributed by atoms with Crippen molar-refractivity contribution in [2.45, 2.75) is 19.8 Å². The molecule has 0 radical (unpaired) electrons. The molecular formula is C17H15NOS. The van der Waals surface area contributed by atoms with Crippen molar-refractivity contribution in [2.75, 3.05) is 0 Å². The third kappa shape index (κ3) is 2.78. The number of fused-ring (bicyclic) bond motifs is 1. The number of ketones is 1. The number of aromatic nitrogens is 1. The van der Waals surface area contributed by atoms with Gasteiger partial charge in [-0.25, -0.2) is 4.98 Å². The highest BCUT2D eigenvalue weighted by molar-refractivity contribution is 7.09. The Hall–Kier alpha value is -2.00. The number of benzene rings is 2. The van der Waals surface area contributed by atoms with Crippen molar-refractivity contribution < 1.29 is 4.79 Å². The molecule has 0 fully saturated rings. The highest BCUT2D eigenvalue weighted by Gasteiger charge is 2.09. The fraction of sp³-hybridized carbons (Fsp3) is 0.176. The average molecular weight is 281 g/mol. The van der Waals surface area contributed by atoms with E-state index in [1.807, 2.05) is 36.6 Å². The lowest BCUT2D eigenvalue weighted by Crippen LogP contribution is -2.07. The minimum atomic E-state index is 0.214. The molecule has 1 heterocycles. The van der Waals surface area contributed by atoms with Gasteiger partial charge in [-0.3, -0.25) is 4.79 Å². The lowest BCUT2D eigenvalue weighted by molar-refractivity contribution is -0.117. The van der Waals surface area contributed by atoms with Gasteiger partial charge in [0.15, 0.2) is 0 Å². The van der Waals surface area contributed by atoms with Gasteiger partial charge in [-0.15, -0.1) is 11.3 Å². The minimum absolute atomic E-state index is 0.214. The van der Waals surface area contributed by atoms with E-state index in [4.69, 9.17) is 0 Å². The summed E-state index contributed by atoms with van der Waals surface area (Å²) in [7, 11) is 0. The smallest absolute Gasteiger partial charge is 0.143 e. The second-order valence-corrected chi connectivity index (χ2v) is 5.95. The van der Waals surface area contributed by atoms with Gasteiger partial charge in [0.1, 0.15) is 5.78 Å². The molecule has 0 aliphatic carbocycles. The van der Waals surface area contributed by atoms with Crippen LogP contribution < -0.4 is 0 Å². The van der Waals surface area contributed by atoms with Gasteiger partial charge < -0.3 is 0 Å². The van der Waals surface area contributed by atoms with Crippen LogP contribution in [-0.4, -0.2) is 10.8 Å². The van der Waals surface area contributed by atoms with Crippen LogP contribution in [0.5, 0.6) is 0 Å². The molecule has 0 N–H and O–H groups in total. The molecule has 0 bridgehead atoms. The maximum atomic E-state index is 12.2. The van der Waals surface area contributed by atoms with E-state index in [0.29, 0.717) is 12.8 Å². The Bertz CT molecular complexity index is 755. The Morgan fingerprint density at radius 3 is 2.70 bits per heavy atom. The molecule has 0 saturated carbocycles. The largest absolute Gasteiger partial charge is 0.299 e. The first-order valence-corrected chi connectivity index (χ1v) is 7.50. The molecule has 2 aromatic carbocycles. The van der Waals surface area contributed by atoms with Crippen LogP contribution in [0.1, 0.15) is 16.3 Å². The van der Waals surface area contributed by atoms with E-state index in [1.54, 1.807) is 11.3 Å². The van der Waals surface area contributed by atoms with E-state index in [9.17, 15) is 4.79 Å². The van der Waals surface area contributed by atoms with Crippen LogP contribution in [0.3, 0.4) is 0 Å². The lowest BCUT2D eigenvalue weighted by atomic mass is 9.99. The van der Waals surface area contributed by atoms with Gasteiger partial charge in [0.25, 0.3) is 0 Å². The zero-order valence-corrected chi connectivity index (χ0v) is 12.1. The van der Waals surface area contributed by atoms with E-state index >= 15 is 0 Å². The van der Waals surface area contributed by atoms with Crippen LogP contribution in [0.15, 0.2) is 47.8 Å². The number of thiazole rings is 1. The van der Waals surface area contributed by atoms with Gasteiger partial charge in [0, 0.05) is 18.2 Å². The van der Waals surface area contributed by atoms with Crippen LogP contribution in [0.2, 0.25) is 0 Å². The summed E-state index contributed by atoms with van der Waals surface area (Å²) in [5.41, 5.74) is 1.98. The van der Waals surface area contributed by atoms with Crippen LogP contribution >= 0.6 is 11.3 Å². The first kappa shape index (κ1) is 13.0. The summed E-state index contributed by atoms with van der Waals surface area (Å²) in [6.07, 6.45) is 0.894. The highest BCUT2D eigenvalue weighted by Crippen LogP contribution is 2.19.